The Morgan fingerprint density at radius 1 is 0.971 bits per heavy atom. The van der Waals surface area contributed by atoms with Crippen molar-refractivity contribution in [3.05, 3.63) is 59.7 Å². The Labute approximate surface area is 199 Å². The average molecular weight is 465 g/mol. The summed E-state index contributed by atoms with van der Waals surface area (Å²) in [6.07, 6.45) is 3.06. The Morgan fingerprint density at radius 3 is 2.24 bits per heavy atom. The normalized spacial score (nSPS) is 20.0. The van der Waals surface area contributed by atoms with Crippen molar-refractivity contribution in [2.24, 2.45) is 17.8 Å². The number of hydrogen-bond acceptors (Lipinski definition) is 4. The minimum atomic E-state index is -0.933. The number of alkyl carbamates (subject to hydrolysis) is 1. The number of fused-ring (bicyclic) bond motifs is 3. The van der Waals surface area contributed by atoms with E-state index in [-0.39, 0.29) is 36.8 Å². The fourth-order valence-corrected chi connectivity index (χ4v) is 5.13. The molecule has 3 N–H and O–H groups in total. The second kappa shape index (κ2) is 10.7. The van der Waals surface area contributed by atoms with Crippen LogP contribution in [0, 0.1) is 17.8 Å². The van der Waals surface area contributed by atoms with Crippen LogP contribution in [0.4, 0.5) is 4.79 Å². The van der Waals surface area contributed by atoms with Gasteiger partial charge in [-0.05, 0) is 41.0 Å². The van der Waals surface area contributed by atoms with Gasteiger partial charge in [-0.15, -0.1) is 0 Å². The summed E-state index contributed by atoms with van der Waals surface area (Å²) in [6.45, 7) is 2.29. The summed E-state index contributed by atoms with van der Waals surface area (Å²) in [5, 5.41) is 14.7. The van der Waals surface area contributed by atoms with Gasteiger partial charge in [-0.25, -0.2) is 4.79 Å². The minimum Gasteiger partial charge on any atom is -0.481 e. The highest BCUT2D eigenvalue weighted by Gasteiger charge is 2.32. The molecule has 0 spiro atoms. The molecule has 4 rings (SSSR count). The summed E-state index contributed by atoms with van der Waals surface area (Å²) < 4.78 is 5.62. The molecule has 2 aromatic rings. The predicted molar refractivity (Wildman–Crippen MR) is 128 cm³/mol. The van der Waals surface area contributed by atoms with Crippen LogP contribution in [0.25, 0.3) is 11.1 Å². The molecule has 2 amide bonds. The third kappa shape index (κ3) is 5.24. The summed E-state index contributed by atoms with van der Waals surface area (Å²) in [5.74, 6) is -1.92. The van der Waals surface area contributed by atoms with Crippen molar-refractivity contribution in [3.8, 4) is 11.1 Å². The number of carbonyl (C=O) groups excluding carboxylic acids is 2. The topological polar surface area (TPSA) is 105 Å². The van der Waals surface area contributed by atoms with Crippen LogP contribution in [0.2, 0.25) is 0 Å². The van der Waals surface area contributed by atoms with Gasteiger partial charge in [-0.3, -0.25) is 9.59 Å². The molecule has 2 aliphatic carbocycles. The Morgan fingerprint density at radius 2 is 1.59 bits per heavy atom. The summed E-state index contributed by atoms with van der Waals surface area (Å²) >= 11 is 0. The summed E-state index contributed by atoms with van der Waals surface area (Å²) in [7, 11) is 0. The van der Waals surface area contributed by atoms with Crippen molar-refractivity contribution in [2.45, 2.75) is 38.5 Å². The maximum absolute atomic E-state index is 12.7. The third-order valence-electron chi connectivity index (χ3n) is 7.10. The maximum atomic E-state index is 12.7. The van der Waals surface area contributed by atoms with E-state index in [1.54, 1.807) is 6.92 Å². The smallest absolute Gasteiger partial charge is 0.407 e. The molecule has 2 aromatic carbocycles. The van der Waals surface area contributed by atoms with Gasteiger partial charge in [-0.1, -0.05) is 68.3 Å². The monoisotopic (exact) mass is 464 g/mol. The average Bonchev–Trinajstić information content (AvgIpc) is 3.18. The highest BCUT2D eigenvalue weighted by atomic mass is 16.5. The number of rotatable bonds is 8. The molecule has 0 heterocycles. The fourth-order valence-electron chi connectivity index (χ4n) is 5.13. The van der Waals surface area contributed by atoms with Gasteiger partial charge in [0.05, 0.1) is 5.92 Å². The van der Waals surface area contributed by atoms with E-state index < -0.39 is 18.0 Å². The SMILES string of the molecule is CC(CNC(=O)[C@H]1CCCC[C@H]1CNC(=O)OCC1c2ccccc2-c2ccccc21)C(=O)O. The number of benzene rings is 2. The standard InChI is InChI=1S/C27H32N2O5/c1-17(26(31)32)14-28-25(30)19-9-3-2-8-18(19)15-29-27(33)34-16-24-22-12-6-4-10-20(22)21-11-5-7-13-23(21)24/h4-7,10-13,17-19,24H,2-3,8-9,14-16H2,1H3,(H,28,30)(H,29,33)(H,31,32)/t17?,18-,19-/m0/s1. The molecule has 2 aliphatic rings. The lowest BCUT2D eigenvalue weighted by Gasteiger charge is -2.30. The first-order valence-corrected chi connectivity index (χ1v) is 12.0. The van der Waals surface area contributed by atoms with Crippen LogP contribution in [0.5, 0.6) is 0 Å². The quantitative estimate of drug-likeness (QED) is 0.544. The van der Waals surface area contributed by atoms with Gasteiger partial charge in [0.2, 0.25) is 5.91 Å². The van der Waals surface area contributed by atoms with E-state index in [0.717, 1.165) is 36.8 Å². The number of carboxylic acids is 1. The second-order valence-corrected chi connectivity index (χ2v) is 9.34. The van der Waals surface area contributed by atoms with Crippen LogP contribution < -0.4 is 10.6 Å². The number of carboxylic acid groups (broad SMARTS) is 1. The van der Waals surface area contributed by atoms with E-state index in [1.807, 2.05) is 24.3 Å². The van der Waals surface area contributed by atoms with E-state index in [0.29, 0.717) is 6.54 Å². The molecule has 0 bridgehead atoms. The van der Waals surface area contributed by atoms with Crippen LogP contribution in [0.3, 0.4) is 0 Å². The van der Waals surface area contributed by atoms with Crippen molar-refractivity contribution < 1.29 is 24.2 Å². The molecule has 0 aromatic heterocycles. The van der Waals surface area contributed by atoms with Gasteiger partial charge in [0.15, 0.2) is 0 Å². The van der Waals surface area contributed by atoms with Crippen molar-refractivity contribution in [2.75, 3.05) is 19.7 Å². The van der Waals surface area contributed by atoms with Gasteiger partial charge in [0, 0.05) is 24.9 Å². The lowest BCUT2D eigenvalue weighted by atomic mass is 9.78. The Kier molecular flexibility index (Phi) is 7.50. The van der Waals surface area contributed by atoms with Gasteiger partial charge >= 0.3 is 12.1 Å². The number of hydrogen-bond donors (Lipinski definition) is 3. The van der Waals surface area contributed by atoms with E-state index in [1.165, 1.54) is 11.1 Å². The van der Waals surface area contributed by atoms with E-state index in [2.05, 4.69) is 34.9 Å². The lowest BCUT2D eigenvalue weighted by molar-refractivity contribution is -0.141. The number of carbonyl (C=O) groups is 3. The van der Waals surface area contributed by atoms with Crippen molar-refractivity contribution in [1.82, 2.24) is 10.6 Å². The molecule has 1 unspecified atom stereocenters. The van der Waals surface area contributed by atoms with Gasteiger partial charge < -0.3 is 20.5 Å². The van der Waals surface area contributed by atoms with Crippen molar-refractivity contribution in [3.63, 3.8) is 0 Å². The zero-order chi connectivity index (χ0) is 24.1. The highest BCUT2D eigenvalue weighted by Crippen LogP contribution is 2.44. The molecule has 0 aliphatic heterocycles. The van der Waals surface area contributed by atoms with Gasteiger partial charge in [0.25, 0.3) is 0 Å². The first kappa shape index (κ1) is 23.8. The molecule has 1 fully saturated rings. The maximum Gasteiger partial charge on any atom is 0.407 e. The highest BCUT2D eigenvalue weighted by molar-refractivity contribution is 5.80. The fraction of sp³-hybridized carbons (Fsp3) is 0.444. The summed E-state index contributed by atoms with van der Waals surface area (Å²) in [5.41, 5.74) is 4.69. The van der Waals surface area contributed by atoms with Crippen molar-refractivity contribution in [1.29, 1.82) is 0 Å². The van der Waals surface area contributed by atoms with Gasteiger partial charge in [-0.2, -0.15) is 0 Å². The lowest BCUT2D eigenvalue weighted by Crippen LogP contribution is -2.43. The molecule has 34 heavy (non-hydrogen) atoms. The largest absolute Gasteiger partial charge is 0.481 e. The number of aliphatic carboxylic acids is 1. The summed E-state index contributed by atoms with van der Waals surface area (Å²) in [6, 6.07) is 16.4. The first-order chi connectivity index (χ1) is 16.5. The van der Waals surface area contributed by atoms with E-state index >= 15 is 0 Å². The molecule has 7 heteroatoms. The van der Waals surface area contributed by atoms with Crippen LogP contribution in [-0.2, 0) is 14.3 Å². The van der Waals surface area contributed by atoms with E-state index in [9.17, 15) is 14.4 Å². The van der Waals surface area contributed by atoms with Crippen LogP contribution >= 0.6 is 0 Å². The molecular weight excluding hydrogens is 432 g/mol. The number of ether oxygens (including phenoxy) is 1. The molecule has 180 valence electrons. The molecule has 0 saturated heterocycles. The number of amides is 2. The Bertz CT molecular complexity index is 1010. The minimum absolute atomic E-state index is 0.00239. The predicted octanol–water partition coefficient (Wildman–Crippen LogP) is 4.17. The number of nitrogens with one attached hydrogen (secondary N) is 2. The summed E-state index contributed by atoms with van der Waals surface area (Å²) in [4.78, 5) is 36.2. The van der Waals surface area contributed by atoms with Crippen molar-refractivity contribution >= 4 is 18.0 Å². The van der Waals surface area contributed by atoms with Crippen LogP contribution in [-0.4, -0.2) is 42.8 Å². The van der Waals surface area contributed by atoms with Crippen LogP contribution in [0.15, 0.2) is 48.5 Å². The van der Waals surface area contributed by atoms with E-state index in [4.69, 9.17) is 9.84 Å². The zero-order valence-electron chi connectivity index (χ0n) is 19.5. The zero-order valence-corrected chi connectivity index (χ0v) is 19.5. The second-order valence-electron chi connectivity index (χ2n) is 9.34. The van der Waals surface area contributed by atoms with Gasteiger partial charge in [0.1, 0.15) is 6.61 Å². The Hall–Kier alpha value is -3.35. The third-order valence-corrected chi connectivity index (χ3v) is 7.10. The molecule has 7 nitrogen and oxygen atoms in total. The molecular formula is C27H32N2O5. The Balaban J connectivity index is 1.30. The van der Waals surface area contributed by atoms with Crippen LogP contribution in [0.1, 0.15) is 49.7 Å². The molecule has 3 atom stereocenters. The molecule has 1 saturated carbocycles. The molecule has 0 radical (unpaired) electrons. The first-order valence-electron chi connectivity index (χ1n) is 12.0.